The fourth-order valence-corrected chi connectivity index (χ4v) is 1.65. The Morgan fingerprint density at radius 2 is 2.12 bits per heavy atom. The van der Waals surface area contributed by atoms with Gasteiger partial charge in [0.05, 0.1) is 12.1 Å². The zero-order valence-electron chi connectivity index (χ0n) is 9.53. The fraction of sp³-hybridized carbons (Fsp3) is 0.167. The van der Waals surface area contributed by atoms with E-state index >= 15 is 0 Å². The molecule has 4 N–H and O–H groups in total. The third-order valence-electron chi connectivity index (χ3n) is 2.58. The van der Waals surface area contributed by atoms with Gasteiger partial charge in [-0.3, -0.25) is 9.89 Å². The number of nitrogen functional groups attached to an aromatic ring is 1. The van der Waals surface area contributed by atoms with Crippen LogP contribution in [-0.2, 0) is 11.2 Å². The molecule has 0 fully saturated rings. The first-order valence-electron chi connectivity index (χ1n) is 5.31. The zero-order valence-corrected chi connectivity index (χ0v) is 9.53. The van der Waals surface area contributed by atoms with Crippen molar-refractivity contribution in [1.29, 1.82) is 0 Å². The summed E-state index contributed by atoms with van der Waals surface area (Å²) >= 11 is 0. The second kappa shape index (κ2) is 4.69. The molecule has 2 aromatic rings. The van der Waals surface area contributed by atoms with Crippen LogP contribution in [0.2, 0.25) is 0 Å². The molecule has 0 aliphatic rings. The van der Waals surface area contributed by atoms with Crippen LogP contribution in [0, 0.1) is 0 Å². The Morgan fingerprint density at radius 3 is 2.76 bits per heavy atom. The molecule has 1 aromatic carbocycles. The van der Waals surface area contributed by atoms with Crippen molar-refractivity contribution in [2.45, 2.75) is 6.42 Å². The van der Waals surface area contributed by atoms with Crippen LogP contribution in [0.1, 0.15) is 5.56 Å². The summed E-state index contributed by atoms with van der Waals surface area (Å²) in [5, 5.41) is 9.39. The molecule has 5 heteroatoms. The molecule has 0 unspecified atom stereocenters. The molecule has 1 aromatic heterocycles. The van der Waals surface area contributed by atoms with Gasteiger partial charge in [0.15, 0.2) is 0 Å². The van der Waals surface area contributed by atoms with E-state index in [2.05, 4.69) is 15.5 Å². The number of carbonyl (C=O) groups excluding carboxylic acids is 1. The van der Waals surface area contributed by atoms with Crippen LogP contribution in [0.5, 0.6) is 0 Å². The van der Waals surface area contributed by atoms with Crippen LogP contribution in [0.25, 0.3) is 11.3 Å². The average molecular weight is 230 g/mol. The lowest BCUT2D eigenvalue weighted by molar-refractivity contribution is -0.119. The first-order chi connectivity index (χ1) is 8.22. The molecule has 0 aliphatic heterocycles. The Hall–Kier alpha value is -2.30. The van der Waals surface area contributed by atoms with E-state index in [4.69, 9.17) is 5.73 Å². The van der Waals surface area contributed by atoms with Crippen molar-refractivity contribution in [2.24, 2.45) is 0 Å². The summed E-state index contributed by atoms with van der Waals surface area (Å²) in [6, 6.07) is 9.67. The van der Waals surface area contributed by atoms with Gasteiger partial charge >= 0.3 is 0 Å². The standard InChI is InChI=1S/C12H14N4O/c1-14-10(17)7-9-11(15-16-12(9)13)8-5-3-2-4-6-8/h2-6H,7H2,1H3,(H,14,17)(H3,13,15,16). The number of hydrogen-bond donors (Lipinski definition) is 3. The Kier molecular flexibility index (Phi) is 3.09. The molecule has 1 amide bonds. The van der Waals surface area contributed by atoms with E-state index < -0.39 is 0 Å². The average Bonchev–Trinajstić information content (AvgIpc) is 2.72. The van der Waals surface area contributed by atoms with E-state index in [1.54, 1.807) is 7.05 Å². The van der Waals surface area contributed by atoms with Crippen LogP contribution >= 0.6 is 0 Å². The van der Waals surface area contributed by atoms with E-state index in [1.807, 2.05) is 30.3 Å². The third kappa shape index (κ3) is 2.28. The molecular weight excluding hydrogens is 216 g/mol. The normalized spacial score (nSPS) is 10.2. The van der Waals surface area contributed by atoms with Gasteiger partial charge in [0.25, 0.3) is 0 Å². The minimum absolute atomic E-state index is 0.0877. The second-order valence-electron chi connectivity index (χ2n) is 3.68. The lowest BCUT2D eigenvalue weighted by Crippen LogP contribution is -2.20. The number of rotatable bonds is 3. The third-order valence-corrected chi connectivity index (χ3v) is 2.58. The fourth-order valence-electron chi connectivity index (χ4n) is 1.65. The first kappa shape index (κ1) is 11.2. The molecule has 0 spiro atoms. The van der Waals surface area contributed by atoms with Gasteiger partial charge < -0.3 is 11.1 Å². The second-order valence-corrected chi connectivity index (χ2v) is 3.68. The molecule has 0 radical (unpaired) electrons. The topological polar surface area (TPSA) is 83.8 Å². The maximum absolute atomic E-state index is 11.4. The summed E-state index contributed by atoms with van der Waals surface area (Å²) in [5.41, 5.74) is 8.26. The van der Waals surface area contributed by atoms with Crippen molar-refractivity contribution in [3.05, 3.63) is 35.9 Å². The van der Waals surface area contributed by atoms with Gasteiger partial charge in [-0.1, -0.05) is 30.3 Å². The predicted molar refractivity (Wildman–Crippen MR) is 66.2 cm³/mol. The van der Waals surface area contributed by atoms with Crippen molar-refractivity contribution in [2.75, 3.05) is 12.8 Å². The number of amides is 1. The van der Waals surface area contributed by atoms with Crippen molar-refractivity contribution >= 4 is 11.7 Å². The maximum atomic E-state index is 11.4. The minimum atomic E-state index is -0.0877. The van der Waals surface area contributed by atoms with Crippen molar-refractivity contribution in [1.82, 2.24) is 15.5 Å². The summed E-state index contributed by atoms with van der Waals surface area (Å²) in [6.45, 7) is 0. The van der Waals surface area contributed by atoms with Crippen LogP contribution in [0.15, 0.2) is 30.3 Å². The lowest BCUT2D eigenvalue weighted by Gasteiger charge is -2.03. The Balaban J connectivity index is 2.39. The summed E-state index contributed by atoms with van der Waals surface area (Å²) in [5.74, 6) is 0.280. The molecule has 0 aliphatic carbocycles. The SMILES string of the molecule is CNC(=O)Cc1c(N)n[nH]c1-c1ccccc1. The number of nitrogens with two attached hydrogens (primary N) is 1. The molecule has 0 saturated heterocycles. The molecule has 0 saturated carbocycles. The van der Waals surface area contributed by atoms with E-state index in [-0.39, 0.29) is 12.3 Å². The quantitative estimate of drug-likeness (QED) is 0.734. The van der Waals surface area contributed by atoms with E-state index in [0.29, 0.717) is 5.82 Å². The largest absolute Gasteiger partial charge is 0.382 e. The van der Waals surface area contributed by atoms with E-state index in [0.717, 1.165) is 16.8 Å². The zero-order chi connectivity index (χ0) is 12.3. The number of H-pyrrole nitrogens is 1. The minimum Gasteiger partial charge on any atom is -0.382 e. The maximum Gasteiger partial charge on any atom is 0.224 e. The van der Waals surface area contributed by atoms with Gasteiger partial charge in [-0.05, 0) is 5.56 Å². The number of likely N-dealkylation sites (N-methyl/N-ethyl adjacent to an activating group) is 1. The Morgan fingerprint density at radius 1 is 1.41 bits per heavy atom. The Labute approximate surface area is 99.0 Å². The number of nitrogens with one attached hydrogen (secondary N) is 2. The highest BCUT2D eigenvalue weighted by molar-refractivity contribution is 5.83. The highest BCUT2D eigenvalue weighted by atomic mass is 16.1. The summed E-state index contributed by atoms with van der Waals surface area (Å²) in [4.78, 5) is 11.4. The van der Waals surface area contributed by atoms with Crippen LogP contribution in [-0.4, -0.2) is 23.2 Å². The molecular formula is C12H14N4O. The summed E-state index contributed by atoms with van der Waals surface area (Å²) in [7, 11) is 1.60. The van der Waals surface area contributed by atoms with Crippen LogP contribution in [0.4, 0.5) is 5.82 Å². The number of aromatic amines is 1. The number of carbonyl (C=O) groups is 1. The smallest absolute Gasteiger partial charge is 0.224 e. The number of anilines is 1. The van der Waals surface area contributed by atoms with Crippen molar-refractivity contribution < 1.29 is 4.79 Å². The first-order valence-corrected chi connectivity index (χ1v) is 5.31. The van der Waals surface area contributed by atoms with Crippen molar-refractivity contribution in [3.8, 4) is 11.3 Å². The number of nitrogens with zero attached hydrogens (tertiary/aromatic N) is 1. The molecule has 88 valence electrons. The Bertz CT molecular complexity index is 519. The molecule has 0 atom stereocenters. The van der Waals surface area contributed by atoms with Gasteiger partial charge in [-0.15, -0.1) is 0 Å². The van der Waals surface area contributed by atoms with Crippen molar-refractivity contribution in [3.63, 3.8) is 0 Å². The van der Waals surface area contributed by atoms with E-state index in [9.17, 15) is 4.79 Å². The monoisotopic (exact) mass is 230 g/mol. The van der Waals surface area contributed by atoms with Gasteiger partial charge in [-0.2, -0.15) is 5.10 Å². The lowest BCUT2D eigenvalue weighted by atomic mass is 10.1. The molecule has 1 heterocycles. The number of aromatic nitrogens is 2. The molecule has 5 nitrogen and oxygen atoms in total. The van der Waals surface area contributed by atoms with Gasteiger partial charge in [0.2, 0.25) is 5.91 Å². The highest BCUT2D eigenvalue weighted by Gasteiger charge is 2.14. The van der Waals surface area contributed by atoms with Gasteiger partial charge in [0.1, 0.15) is 5.82 Å². The van der Waals surface area contributed by atoms with Gasteiger partial charge in [-0.25, -0.2) is 0 Å². The molecule has 17 heavy (non-hydrogen) atoms. The highest BCUT2D eigenvalue weighted by Crippen LogP contribution is 2.25. The van der Waals surface area contributed by atoms with Gasteiger partial charge in [0, 0.05) is 12.6 Å². The van der Waals surface area contributed by atoms with Crippen LogP contribution in [0.3, 0.4) is 0 Å². The summed E-state index contributed by atoms with van der Waals surface area (Å²) in [6.07, 6.45) is 0.225. The van der Waals surface area contributed by atoms with E-state index in [1.165, 1.54) is 0 Å². The molecule has 0 bridgehead atoms. The summed E-state index contributed by atoms with van der Waals surface area (Å²) < 4.78 is 0. The number of hydrogen-bond acceptors (Lipinski definition) is 3. The predicted octanol–water partition coefficient (Wildman–Crippen LogP) is 0.947. The number of benzene rings is 1. The van der Waals surface area contributed by atoms with Crippen LogP contribution < -0.4 is 11.1 Å². The molecule has 2 rings (SSSR count).